The molecule has 0 radical (unpaired) electrons. The van der Waals surface area contributed by atoms with Gasteiger partial charge < -0.3 is 9.84 Å². The molecule has 3 nitrogen and oxygen atoms in total. The van der Waals surface area contributed by atoms with Crippen molar-refractivity contribution in [1.82, 2.24) is 0 Å². The zero-order valence-electron chi connectivity index (χ0n) is 13.7. The zero-order valence-corrected chi connectivity index (χ0v) is 13.7. The number of alkyl halides is 3. The van der Waals surface area contributed by atoms with Crippen molar-refractivity contribution in [1.29, 1.82) is 0 Å². The first-order chi connectivity index (χ1) is 11.7. The Morgan fingerprint density at radius 2 is 1.92 bits per heavy atom. The minimum Gasteiger partial charge on any atom is -0.497 e. The number of aryl methyl sites for hydroxylation is 1. The minimum atomic E-state index is -4.44. The molecule has 6 heteroatoms. The number of hydrogen-bond acceptors (Lipinski definition) is 3. The van der Waals surface area contributed by atoms with Gasteiger partial charge >= 0.3 is 6.18 Å². The number of benzene rings is 2. The van der Waals surface area contributed by atoms with Crippen LogP contribution in [-0.2, 0) is 12.8 Å². The van der Waals surface area contributed by atoms with Gasteiger partial charge in [-0.25, -0.2) is 0 Å². The molecule has 0 bridgehead atoms. The summed E-state index contributed by atoms with van der Waals surface area (Å²) >= 11 is 0. The van der Waals surface area contributed by atoms with Gasteiger partial charge in [0.2, 0.25) is 0 Å². The fourth-order valence-corrected chi connectivity index (χ4v) is 2.33. The minimum absolute atomic E-state index is 0.122. The van der Waals surface area contributed by atoms with E-state index in [4.69, 9.17) is 4.74 Å². The molecule has 0 amide bonds. The van der Waals surface area contributed by atoms with Gasteiger partial charge in [0, 0.05) is 5.56 Å². The van der Waals surface area contributed by atoms with Crippen LogP contribution in [0, 0.1) is 6.92 Å². The monoisotopic (exact) mass is 350 g/mol. The third-order valence-electron chi connectivity index (χ3n) is 3.66. The predicted octanol–water partition coefficient (Wildman–Crippen LogP) is 4.41. The van der Waals surface area contributed by atoms with E-state index in [1.165, 1.54) is 50.5 Å². The van der Waals surface area contributed by atoms with Gasteiger partial charge in [-0.15, -0.1) is 0 Å². The lowest BCUT2D eigenvalue weighted by Gasteiger charge is -2.10. The van der Waals surface area contributed by atoms with Gasteiger partial charge in [-0.2, -0.15) is 13.2 Å². The van der Waals surface area contributed by atoms with Crippen LogP contribution in [0.25, 0.3) is 6.08 Å². The van der Waals surface area contributed by atoms with E-state index >= 15 is 0 Å². The Morgan fingerprint density at radius 3 is 2.52 bits per heavy atom. The second kappa shape index (κ2) is 7.53. The van der Waals surface area contributed by atoms with Gasteiger partial charge in [-0.05, 0) is 54.0 Å². The highest BCUT2D eigenvalue weighted by Gasteiger charge is 2.32. The normalized spacial score (nSPS) is 11.8. The SMILES string of the molecule is COc1cc(CO)cc(C(=O)/C=C/c2ccc(C)c(C(F)(F)F)c2)c1. The Hall–Kier alpha value is -2.60. The lowest BCUT2D eigenvalue weighted by molar-refractivity contribution is -0.138. The van der Waals surface area contributed by atoms with Crippen molar-refractivity contribution < 1.29 is 27.8 Å². The molecule has 1 N–H and O–H groups in total. The van der Waals surface area contributed by atoms with Crippen molar-refractivity contribution in [2.75, 3.05) is 7.11 Å². The lowest BCUT2D eigenvalue weighted by Crippen LogP contribution is -2.07. The molecule has 0 fully saturated rings. The Kier molecular flexibility index (Phi) is 5.64. The summed E-state index contributed by atoms with van der Waals surface area (Å²) in [6.07, 6.45) is -1.92. The number of allylic oxidation sites excluding steroid dienone is 1. The van der Waals surface area contributed by atoms with Crippen LogP contribution in [0.4, 0.5) is 13.2 Å². The van der Waals surface area contributed by atoms with Crippen LogP contribution in [0.1, 0.15) is 32.6 Å². The smallest absolute Gasteiger partial charge is 0.416 e. The lowest BCUT2D eigenvalue weighted by atomic mass is 10.0. The fourth-order valence-electron chi connectivity index (χ4n) is 2.33. The number of ether oxygens (including phenoxy) is 1. The molecule has 25 heavy (non-hydrogen) atoms. The molecule has 132 valence electrons. The van der Waals surface area contributed by atoms with E-state index in [0.29, 0.717) is 11.3 Å². The topological polar surface area (TPSA) is 46.5 Å². The zero-order chi connectivity index (χ0) is 18.6. The summed E-state index contributed by atoms with van der Waals surface area (Å²) in [5.41, 5.74) is 0.451. The van der Waals surface area contributed by atoms with Gasteiger partial charge in [0.05, 0.1) is 19.3 Å². The number of hydrogen-bond donors (Lipinski definition) is 1. The standard InChI is InChI=1S/C19H17F3O3/c1-12-3-4-13(9-17(12)19(20,21)22)5-6-18(24)15-7-14(11-23)8-16(10-15)25-2/h3-10,23H,11H2,1-2H3/b6-5+. The van der Waals surface area contributed by atoms with Crippen LogP contribution >= 0.6 is 0 Å². The van der Waals surface area contributed by atoms with E-state index in [9.17, 15) is 23.1 Å². The average molecular weight is 350 g/mol. The highest BCUT2D eigenvalue weighted by molar-refractivity contribution is 6.07. The maximum absolute atomic E-state index is 12.9. The van der Waals surface area contributed by atoms with Gasteiger partial charge in [-0.3, -0.25) is 4.79 Å². The maximum atomic E-state index is 12.9. The molecule has 0 saturated heterocycles. The molecule has 2 aromatic carbocycles. The van der Waals surface area contributed by atoms with Gasteiger partial charge in [0.1, 0.15) is 5.75 Å². The second-order valence-corrected chi connectivity index (χ2v) is 5.50. The van der Waals surface area contributed by atoms with Crippen LogP contribution in [0.2, 0.25) is 0 Å². The molecular formula is C19H17F3O3. The summed E-state index contributed by atoms with van der Waals surface area (Å²) in [5, 5.41) is 9.21. The summed E-state index contributed by atoms with van der Waals surface area (Å²) < 4.78 is 43.9. The molecule has 0 aliphatic heterocycles. The van der Waals surface area contributed by atoms with Crippen LogP contribution < -0.4 is 4.74 Å². The van der Waals surface area contributed by atoms with Crippen molar-refractivity contribution >= 4 is 11.9 Å². The van der Waals surface area contributed by atoms with E-state index in [1.54, 1.807) is 6.07 Å². The van der Waals surface area contributed by atoms with E-state index in [2.05, 4.69) is 0 Å². The molecule has 0 heterocycles. The first kappa shape index (κ1) is 18.7. The van der Waals surface area contributed by atoms with Crippen LogP contribution in [0.15, 0.2) is 42.5 Å². The number of ketones is 1. The maximum Gasteiger partial charge on any atom is 0.416 e. The predicted molar refractivity (Wildman–Crippen MR) is 88.5 cm³/mol. The first-order valence-electron chi connectivity index (χ1n) is 7.43. The number of aliphatic hydroxyl groups excluding tert-OH is 1. The molecule has 2 aromatic rings. The van der Waals surface area contributed by atoms with E-state index in [-0.39, 0.29) is 23.3 Å². The van der Waals surface area contributed by atoms with E-state index in [1.807, 2.05) is 0 Å². The molecule has 0 saturated carbocycles. The summed E-state index contributed by atoms with van der Waals surface area (Å²) in [5.74, 6) is 0.0146. The van der Waals surface area contributed by atoms with Crippen LogP contribution in [-0.4, -0.2) is 18.0 Å². The van der Waals surface area contributed by atoms with E-state index < -0.39 is 17.5 Å². The molecule has 2 rings (SSSR count). The molecule has 0 aromatic heterocycles. The van der Waals surface area contributed by atoms with Crippen molar-refractivity contribution in [3.05, 3.63) is 70.3 Å². The molecule has 0 aliphatic carbocycles. The quantitative estimate of drug-likeness (QED) is 0.642. The number of rotatable bonds is 5. The van der Waals surface area contributed by atoms with Crippen molar-refractivity contribution in [3.63, 3.8) is 0 Å². The highest BCUT2D eigenvalue weighted by atomic mass is 19.4. The Bertz CT molecular complexity index is 786. The van der Waals surface area contributed by atoms with Crippen LogP contribution in [0.3, 0.4) is 0 Å². The van der Waals surface area contributed by atoms with Crippen LogP contribution in [0.5, 0.6) is 5.75 Å². The van der Waals surface area contributed by atoms with Gasteiger partial charge in [0.25, 0.3) is 0 Å². The summed E-state index contributed by atoms with van der Waals surface area (Å²) in [6.45, 7) is 1.13. The first-order valence-corrected chi connectivity index (χ1v) is 7.43. The van der Waals surface area contributed by atoms with Crippen molar-refractivity contribution in [3.8, 4) is 5.75 Å². The van der Waals surface area contributed by atoms with Gasteiger partial charge in [0.15, 0.2) is 5.78 Å². The molecule has 0 atom stereocenters. The average Bonchev–Trinajstić information content (AvgIpc) is 2.59. The summed E-state index contributed by atoms with van der Waals surface area (Å²) in [6, 6.07) is 8.48. The Labute approximate surface area is 143 Å². The number of halogens is 3. The Morgan fingerprint density at radius 1 is 1.20 bits per heavy atom. The number of carbonyl (C=O) groups is 1. The number of carbonyl (C=O) groups excluding carboxylic acids is 1. The summed E-state index contributed by atoms with van der Waals surface area (Å²) in [7, 11) is 1.44. The molecule has 0 spiro atoms. The third kappa shape index (κ3) is 4.70. The summed E-state index contributed by atoms with van der Waals surface area (Å²) in [4.78, 5) is 12.3. The molecular weight excluding hydrogens is 333 g/mol. The largest absolute Gasteiger partial charge is 0.497 e. The number of methoxy groups -OCH3 is 1. The molecule has 0 unspecified atom stereocenters. The molecule has 0 aliphatic rings. The van der Waals surface area contributed by atoms with Crippen molar-refractivity contribution in [2.24, 2.45) is 0 Å². The van der Waals surface area contributed by atoms with Crippen molar-refractivity contribution in [2.45, 2.75) is 19.7 Å². The highest BCUT2D eigenvalue weighted by Crippen LogP contribution is 2.32. The third-order valence-corrected chi connectivity index (χ3v) is 3.66. The van der Waals surface area contributed by atoms with E-state index in [0.717, 1.165) is 6.07 Å². The number of aliphatic hydroxyl groups is 1. The fraction of sp³-hybridized carbons (Fsp3) is 0.211. The Balaban J connectivity index is 2.29. The van der Waals surface area contributed by atoms with Gasteiger partial charge in [-0.1, -0.05) is 18.2 Å². The second-order valence-electron chi connectivity index (χ2n) is 5.50.